The van der Waals surface area contributed by atoms with E-state index < -0.39 is 10.0 Å². The van der Waals surface area contributed by atoms with Gasteiger partial charge in [-0.1, -0.05) is 23.4 Å². The number of benzene rings is 1. The second-order valence-corrected chi connectivity index (χ2v) is 6.87. The van der Waals surface area contributed by atoms with Gasteiger partial charge >= 0.3 is 0 Å². The minimum atomic E-state index is -3.86. The highest BCUT2D eigenvalue weighted by atomic mass is 32.2. The number of sulfonamides is 1. The number of nitrogens with one attached hydrogen (secondary N) is 1. The van der Waals surface area contributed by atoms with Crippen LogP contribution in [0.3, 0.4) is 0 Å². The van der Waals surface area contributed by atoms with E-state index in [2.05, 4.69) is 15.0 Å². The Kier molecular flexibility index (Phi) is 4.10. The zero-order valence-electron chi connectivity index (χ0n) is 13.0. The third kappa shape index (κ3) is 3.16. The van der Waals surface area contributed by atoms with Crippen LogP contribution in [0.5, 0.6) is 0 Å². The number of halogens is 1. The Balaban J connectivity index is 1.80. The standard InChI is InChI=1S/C15H15FN4O3S/c1-10-15(11(2)23-18-10)24(21,22)19-14-7-8-20(17-14)9-12-5-3-4-6-13(12)16/h3-8H,9H2,1-2H3,(H,17,19). The zero-order chi connectivity index (χ0) is 17.3. The molecule has 126 valence electrons. The van der Waals surface area contributed by atoms with Gasteiger partial charge in [-0.15, -0.1) is 0 Å². The summed E-state index contributed by atoms with van der Waals surface area (Å²) in [6.07, 6.45) is 1.57. The van der Waals surface area contributed by atoms with Gasteiger partial charge in [0, 0.05) is 17.8 Å². The normalized spacial score (nSPS) is 11.6. The highest BCUT2D eigenvalue weighted by Crippen LogP contribution is 2.21. The summed E-state index contributed by atoms with van der Waals surface area (Å²) in [7, 11) is -3.86. The summed E-state index contributed by atoms with van der Waals surface area (Å²) in [4.78, 5) is -0.00819. The van der Waals surface area contributed by atoms with Gasteiger partial charge in [0.15, 0.2) is 16.5 Å². The molecule has 0 bridgehead atoms. The van der Waals surface area contributed by atoms with Gasteiger partial charge in [-0.25, -0.2) is 12.8 Å². The van der Waals surface area contributed by atoms with E-state index >= 15 is 0 Å². The maximum Gasteiger partial charge on any atom is 0.268 e. The number of nitrogens with zero attached hydrogens (tertiary/aromatic N) is 3. The first-order chi connectivity index (χ1) is 11.4. The zero-order valence-corrected chi connectivity index (χ0v) is 13.8. The predicted molar refractivity (Wildman–Crippen MR) is 84.5 cm³/mol. The van der Waals surface area contributed by atoms with Gasteiger partial charge in [0.1, 0.15) is 11.5 Å². The van der Waals surface area contributed by atoms with Crippen LogP contribution in [0.4, 0.5) is 10.2 Å². The third-order valence-electron chi connectivity index (χ3n) is 3.41. The highest BCUT2D eigenvalue weighted by molar-refractivity contribution is 7.92. The largest absolute Gasteiger partial charge is 0.360 e. The van der Waals surface area contributed by atoms with Crippen molar-refractivity contribution in [3.8, 4) is 0 Å². The Labute approximate surface area is 138 Å². The van der Waals surface area contributed by atoms with Gasteiger partial charge in [-0.2, -0.15) is 5.10 Å². The minimum absolute atomic E-state index is 0.00819. The summed E-state index contributed by atoms with van der Waals surface area (Å²) in [5, 5.41) is 7.74. The van der Waals surface area contributed by atoms with Crippen molar-refractivity contribution in [1.82, 2.24) is 14.9 Å². The van der Waals surface area contributed by atoms with Crippen molar-refractivity contribution in [3.63, 3.8) is 0 Å². The first-order valence-electron chi connectivity index (χ1n) is 7.09. The van der Waals surface area contributed by atoms with Gasteiger partial charge in [0.2, 0.25) is 0 Å². The van der Waals surface area contributed by atoms with Crippen molar-refractivity contribution in [2.24, 2.45) is 0 Å². The molecule has 0 spiro atoms. The number of aryl methyl sites for hydroxylation is 2. The molecule has 0 unspecified atom stereocenters. The molecule has 7 nitrogen and oxygen atoms in total. The molecule has 0 saturated heterocycles. The average molecular weight is 350 g/mol. The smallest absolute Gasteiger partial charge is 0.268 e. The molecule has 1 aromatic carbocycles. The minimum Gasteiger partial charge on any atom is -0.360 e. The summed E-state index contributed by atoms with van der Waals surface area (Å²) in [5.41, 5.74) is 0.728. The molecule has 3 aromatic rings. The van der Waals surface area contributed by atoms with E-state index in [0.29, 0.717) is 5.56 Å². The van der Waals surface area contributed by atoms with Crippen molar-refractivity contribution >= 4 is 15.8 Å². The Bertz CT molecular complexity index is 959. The number of aromatic nitrogens is 3. The summed E-state index contributed by atoms with van der Waals surface area (Å²) in [5.74, 6) is -0.0111. The summed E-state index contributed by atoms with van der Waals surface area (Å²) >= 11 is 0. The van der Waals surface area contributed by atoms with Gasteiger partial charge in [-0.3, -0.25) is 9.40 Å². The van der Waals surface area contributed by atoms with Crippen LogP contribution in [-0.2, 0) is 16.6 Å². The van der Waals surface area contributed by atoms with Crippen LogP contribution in [0.1, 0.15) is 17.0 Å². The van der Waals surface area contributed by atoms with E-state index in [-0.39, 0.29) is 34.5 Å². The summed E-state index contributed by atoms with van der Waals surface area (Å²) < 4.78 is 47.2. The van der Waals surface area contributed by atoms with E-state index in [9.17, 15) is 12.8 Å². The lowest BCUT2D eigenvalue weighted by atomic mass is 10.2. The van der Waals surface area contributed by atoms with Gasteiger partial charge in [0.25, 0.3) is 10.0 Å². The molecule has 0 amide bonds. The average Bonchev–Trinajstić information content (AvgIpc) is 3.08. The molecule has 1 N–H and O–H groups in total. The van der Waals surface area contributed by atoms with E-state index in [0.717, 1.165) is 0 Å². The Hall–Kier alpha value is -2.68. The van der Waals surface area contributed by atoms with Crippen molar-refractivity contribution in [3.05, 3.63) is 59.4 Å². The molecule has 0 aliphatic carbocycles. The van der Waals surface area contributed by atoms with E-state index in [1.807, 2.05) is 0 Å². The van der Waals surface area contributed by atoms with Gasteiger partial charge in [-0.05, 0) is 19.9 Å². The molecule has 0 atom stereocenters. The van der Waals surface area contributed by atoms with Crippen LogP contribution in [0, 0.1) is 19.7 Å². The fourth-order valence-electron chi connectivity index (χ4n) is 2.35. The Morgan fingerprint density at radius 3 is 2.67 bits per heavy atom. The lowest BCUT2D eigenvalue weighted by Crippen LogP contribution is -2.15. The van der Waals surface area contributed by atoms with Crippen molar-refractivity contribution < 1.29 is 17.3 Å². The van der Waals surface area contributed by atoms with Crippen molar-refractivity contribution in [2.75, 3.05) is 4.72 Å². The molecule has 0 saturated carbocycles. The lowest BCUT2D eigenvalue weighted by Gasteiger charge is -2.05. The molecule has 9 heteroatoms. The molecular weight excluding hydrogens is 335 g/mol. The Morgan fingerprint density at radius 2 is 2.00 bits per heavy atom. The van der Waals surface area contributed by atoms with E-state index in [4.69, 9.17) is 4.52 Å². The summed E-state index contributed by atoms with van der Waals surface area (Å²) in [6, 6.07) is 7.83. The molecular formula is C15H15FN4O3S. The van der Waals surface area contributed by atoms with Gasteiger partial charge in [0.05, 0.1) is 6.54 Å². The van der Waals surface area contributed by atoms with Crippen LogP contribution in [0.25, 0.3) is 0 Å². The van der Waals surface area contributed by atoms with Gasteiger partial charge < -0.3 is 4.52 Å². The predicted octanol–water partition coefficient (Wildman–Crippen LogP) is 2.48. The fourth-order valence-corrected chi connectivity index (χ4v) is 3.68. The molecule has 24 heavy (non-hydrogen) atoms. The molecule has 2 heterocycles. The summed E-state index contributed by atoms with van der Waals surface area (Å²) in [6.45, 7) is 3.26. The number of hydrogen-bond donors (Lipinski definition) is 1. The number of anilines is 1. The topological polar surface area (TPSA) is 90.0 Å². The van der Waals surface area contributed by atoms with E-state index in [1.54, 1.807) is 31.3 Å². The number of hydrogen-bond acceptors (Lipinski definition) is 5. The second kappa shape index (κ2) is 6.08. The van der Waals surface area contributed by atoms with Crippen LogP contribution >= 0.6 is 0 Å². The first kappa shape index (κ1) is 16.2. The monoisotopic (exact) mass is 350 g/mol. The maximum absolute atomic E-state index is 13.7. The fraction of sp³-hybridized carbons (Fsp3) is 0.200. The van der Waals surface area contributed by atoms with Crippen molar-refractivity contribution in [1.29, 1.82) is 0 Å². The third-order valence-corrected chi connectivity index (χ3v) is 5.00. The van der Waals surface area contributed by atoms with E-state index in [1.165, 1.54) is 23.7 Å². The Morgan fingerprint density at radius 1 is 1.25 bits per heavy atom. The molecule has 3 rings (SSSR count). The van der Waals surface area contributed by atoms with Crippen LogP contribution in [0.2, 0.25) is 0 Å². The lowest BCUT2D eigenvalue weighted by molar-refractivity contribution is 0.390. The molecule has 0 aliphatic rings. The van der Waals surface area contributed by atoms with Crippen LogP contribution in [-0.4, -0.2) is 23.4 Å². The molecule has 0 fully saturated rings. The molecule has 2 aromatic heterocycles. The van der Waals surface area contributed by atoms with Crippen LogP contribution < -0.4 is 4.72 Å². The van der Waals surface area contributed by atoms with Crippen molar-refractivity contribution in [2.45, 2.75) is 25.3 Å². The quantitative estimate of drug-likeness (QED) is 0.763. The second-order valence-electron chi connectivity index (χ2n) is 5.25. The highest BCUT2D eigenvalue weighted by Gasteiger charge is 2.25. The SMILES string of the molecule is Cc1noc(C)c1S(=O)(=O)Nc1ccn(Cc2ccccc2F)n1. The molecule has 0 aliphatic heterocycles. The number of rotatable bonds is 5. The maximum atomic E-state index is 13.7. The first-order valence-corrected chi connectivity index (χ1v) is 8.57. The molecule has 0 radical (unpaired) electrons. The van der Waals surface area contributed by atoms with Crippen LogP contribution in [0.15, 0.2) is 45.9 Å².